The van der Waals surface area contributed by atoms with Crippen molar-refractivity contribution in [2.45, 2.75) is 32.2 Å². The fourth-order valence-corrected chi connectivity index (χ4v) is 4.48. The largest absolute Gasteiger partial charge is 0.366 e. The summed E-state index contributed by atoms with van der Waals surface area (Å²) >= 11 is 0. The molecule has 1 aromatic heterocycles. The predicted octanol–water partition coefficient (Wildman–Crippen LogP) is 0.984. The van der Waals surface area contributed by atoms with Gasteiger partial charge in [-0.2, -0.15) is 4.98 Å². The molecular formula is C13H20N4O2S. The van der Waals surface area contributed by atoms with Crippen molar-refractivity contribution < 1.29 is 8.42 Å². The quantitative estimate of drug-likeness (QED) is 0.896. The summed E-state index contributed by atoms with van der Waals surface area (Å²) in [5.74, 6) is 1.97. The predicted molar refractivity (Wildman–Crippen MR) is 78.9 cm³/mol. The summed E-state index contributed by atoms with van der Waals surface area (Å²) in [6, 6.07) is 1.85. The SMILES string of the molecule is Cc1cc(NC2CCS(=O)(=O)C2)nc(N2CCCC2)n1. The molecule has 3 rings (SSSR count). The maximum Gasteiger partial charge on any atom is 0.227 e. The second kappa shape index (κ2) is 5.20. The number of hydrogen-bond acceptors (Lipinski definition) is 6. The fourth-order valence-electron chi connectivity index (χ4n) is 2.80. The van der Waals surface area contributed by atoms with Gasteiger partial charge in [-0.15, -0.1) is 0 Å². The van der Waals surface area contributed by atoms with E-state index in [2.05, 4.69) is 20.2 Å². The van der Waals surface area contributed by atoms with Crippen molar-refractivity contribution in [3.63, 3.8) is 0 Å². The van der Waals surface area contributed by atoms with Crippen molar-refractivity contribution in [2.24, 2.45) is 0 Å². The molecule has 2 aliphatic heterocycles. The molecular weight excluding hydrogens is 276 g/mol. The second-order valence-corrected chi connectivity index (χ2v) is 7.86. The molecule has 0 saturated carbocycles. The average Bonchev–Trinajstić information content (AvgIpc) is 2.98. The van der Waals surface area contributed by atoms with Crippen LogP contribution in [0.1, 0.15) is 25.0 Å². The molecule has 2 aliphatic rings. The van der Waals surface area contributed by atoms with E-state index in [1.807, 2.05) is 13.0 Å². The van der Waals surface area contributed by atoms with Gasteiger partial charge in [0.25, 0.3) is 0 Å². The highest BCUT2D eigenvalue weighted by Crippen LogP contribution is 2.21. The number of aryl methyl sites for hydroxylation is 1. The third kappa shape index (κ3) is 3.03. The Labute approximate surface area is 119 Å². The van der Waals surface area contributed by atoms with Gasteiger partial charge < -0.3 is 10.2 Å². The molecule has 0 spiro atoms. The first kappa shape index (κ1) is 13.6. The van der Waals surface area contributed by atoms with Gasteiger partial charge >= 0.3 is 0 Å². The van der Waals surface area contributed by atoms with Crippen LogP contribution >= 0.6 is 0 Å². The molecule has 0 aliphatic carbocycles. The first-order valence-corrected chi connectivity index (χ1v) is 8.92. The van der Waals surface area contributed by atoms with Crippen LogP contribution in [0.4, 0.5) is 11.8 Å². The highest BCUT2D eigenvalue weighted by atomic mass is 32.2. The standard InChI is InChI=1S/C13H20N4O2S/c1-10-8-12(15-11-4-7-20(18,19)9-11)16-13(14-10)17-5-2-3-6-17/h8,11H,2-7,9H2,1H3,(H,14,15,16). The van der Waals surface area contributed by atoms with Crippen LogP contribution in [-0.2, 0) is 9.84 Å². The molecule has 110 valence electrons. The van der Waals surface area contributed by atoms with Gasteiger partial charge in [0.05, 0.1) is 11.5 Å². The Balaban J connectivity index is 1.76. The molecule has 6 nitrogen and oxygen atoms in total. The Morgan fingerprint density at radius 2 is 2.05 bits per heavy atom. The van der Waals surface area contributed by atoms with E-state index in [0.717, 1.165) is 30.5 Å². The van der Waals surface area contributed by atoms with E-state index in [9.17, 15) is 8.42 Å². The maximum atomic E-state index is 11.5. The molecule has 20 heavy (non-hydrogen) atoms. The van der Waals surface area contributed by atoms with Gasteiger partial charge in [-0.3, -0.25) is 0 Å². The number of nitrogens with one attached hydrogen (secondary N) is 1. The summed E-state index contributed by atoms with van der Waals surface area (Å²) in [6.07, 6.45) is 3.02. The average molecular weight is 296 g/mol. The third-order valence-electron chi connectivity index (χ3n) is 3.82. The minimum absolute atomic E-state index is 0.0271. The number of anilines is 2. The molecule has 0 amide bonds. The summed E-state index contributed by atoms with van der Waals surface area (Å²) in [6.45, 7) is 3.94. The Morgan fingerprint density at radius 1 is 1.30 bits per heavy atom. The lowest BCUT2D eigenvalue weighted by atomic mass is 10.2. The monoisotopic (exact) mass is 296 g/mol. The van der Waals surface area contributed by atoms with Crippen LogP contribution in [-0.4, -0.2) is 49.0 Å². The first-order chi connectivity index (χ1) is 9.52. The van der Waals surface area contributed by atoms with Crippen LogP contribution < -0.4 is 10.2 Å². The Kier molecular flexibility index (Phi) is 3.54. The lowest BCUT2D eigenvalue weighted by molar-refractivity contribution is 0.602. The van der Waals surface area contributed by atoms with Crippen LogP contribution in [0.2, 0.25) is 0 Å². The van der Waals surface area contributed by atoms with Gasteiger partial charge in [0.15, 0.2) is 9.84 Å². The summed E-state index contributed by atoms with van der Waals surface area (Å²) in [7, 11) is -2.87. The van der Waals surface area contributed by atoms with Gasteiger partial charge in [0.1, 0.15) is 5.82 Å². The molecule has 7 heteroatoms. The third-order valence-corrected chi connectivity index (χ3v) is 5.58. The molecule has 0 radical (unpaired) electrons. The normalized spacial score (nSPS) is 25.1. The van der Waals surface area contributed by atoms with E-state index >= 15 is 0 Å². The maximum absolute atomic E-state index is 11.5. The topological polar surface area (TPSA) is 75.2 Å². The Bertz CT molecular complexity index is 596. The minimum Gasteiger partial charge on any atom is -0.366 e. The van der Waals surface area contributed by atoms with E-state index in [4.69, 9.17) is 0 Å². The molecule has 2 fully saturated rings. The van der Waals surface area contributed by atoms with E-state index in [1.54, 1.807) is 0 Å². The van der Waals surface area contributed by atoms with Crippen LogP contribution in [0.25, 0.3) is 0 Å². The fraction of sp³-hybridized carbons (Fsp3) is 0.692. The molecule has 0 aromatic carbocycles. The van der Waals surface area contributed by atoms with E-state index in [-0.39, 0.29) is 17.5 Å². The molecule has 0 bridgehead atoms. The van der Waals surface area contributed by atoms with Crippen LogP contribution in [0, 0.1) is 6.92 Å². The van der Waals surface area contributed by atoms with Crippen molar-refractivity contribution in [3.8, 4) is 0 Å². The number of aromatic nitrogens is 2. The van der Waals surface area contributed by atoms with Crippen molar-refractivity contribution in [3.05, 3.63) is 11.8 Å². The zero-order valence-corrected chi connectivity index (χ0v) is 12.5. The van der Waals surface area contributed by atoms with Crippen LogP contribution in [0.3, 0.4) is 0 Å². The number of sulfone groups is 1. The molecule has 1 atom stereocenters. The first-order valence-electron chi connectivity index (χ1n) is 7.09. The molecule has 2 saturated heterocycles. The number of nitrogens with zero attached hydrogens (tertiary/aromatic N) is 3. The van der Waals surface area contributed by atoms with Gasteiger partial charge in [0, 0.05) is 30.9 Å². The number of hydrogen-bond donors (Lipinski definition) is 1. The van der Waals surface area contributed by atoms with Crippen LogP contribution in [0.15, 0.2) is 6.07 Å². The van der Waals surface area contributed by atoms with Gasteiger partial charge in [-0.25, -0.2) is 13.4 Å². The Hall–Kier alpha value is -1.37. The van der Waals surface area contributed by atoms with E-state index in [0.29, 0.717) is 6.42 Å². The highest BCUT2D eigenvalue weighted by Gasteiger charge is 2.28. The molecule has 3 heterocycles. The van der Waals surface area contributed by atoms with Crippen molar-refractivity contribution in [2.75, 3.05) is 34.8 Å². The summed E-state index contributed by atoms with van der Waals surface area (Å²) < 4.78 is 23.0. The smallest absolute Gasteiger partial charge is 0.227 e. The lowest BCUT2D eigenvalue weighted by Crippen LogP contribution is -2.24. The summed E-state index contributed by atoms with van der Waals surface area (Å²) in [5.41, 5.74) is 0.908. The Morgan fingerprint density at radius 3 is 2.70 bits per heavy atom. The zero-order chi connectivity index (χ0) is 14.2. The van der Waals surface area contributed by atoms with Crippen LogP contribution in [0.5, 0.6) is 0 Å². The second-order valence-electron chi connectivity index (χ2n) is 5.63. The lowest BCUT2D eigenvalue weighted by Gasteiger charge is -2.18. The highest BCUT2D eigenvalue weighted by molar-refractivity contribution is 7.91. The summed E-state index contributed by atoms with van der Waals surface area (Å²) in [5, 5.41) is 3.24. The molecule has 1 N–H and O–H groups in total. The minimum atomic E-state index is -2.87. The molecule has 1 unspecified atom stereocenters. The van der Waals surface area contributed by atoms with Crippen molar-refractivity contribution in [1.29, 1.82) is 0 Å². The summed E-state index contributed by atoms with van der Waals surface area (Å²) in [4.78, 5) is 11.2. The van der Waals surface area contributed by atoms with Crippen molar-refractivity contribution in [1.82, 2.24) is 9.97 Å². The van der Waals surface area contributed by atoms with E-state index < -0.39 is 9.84 Å². The van der Waals surface area contributed by atoms with Gasteiger partial charge in [0.2, 0.25) is 5.95 Å². The van der Waals surface area contributed by atoms with E-state index in [1.165, 1.54) is 12.8 Å². The molecule has 1 aromatic rings. The van der Waals surface area contributed by atoms with Gasteiger partial charge in [-0.1, -0.05) is 0 Å². The van der Waals surface area contributed by atoms with Crippen molar-refractivity contribution >= 4 is 21.6 Å². The number of rotatable bonds is 3. The van der Waals surface area contributed by atoms with Gasteiger partial charge in [-0.05, 0) is 26.2 Å². The zero-order valence-electron chi connectivity index (χ0n) is 11.7.